The Hall–Kier alpha value is -1.83. The summed E-state index contributed by atoms with van der Waals surface area (Å²) >= 11 is 1.68. The molecule has 1 aromatic heterocycles. The lowest BCUT2D eigenvalue weighted by Crippen LogP contribution is -2.41. The molecule has 0 saturated heterocycles. The summed E-state index contributed by atoms with van der Waals surface area (Å²) in [5.74, 6) is -0.935. The van der Waals surface area contributed by atoms with Gasteiger partial charge < -0.3 is 15.9 Å². The van der Waals surface area contributed by atoms with Crippen molar-refractivity contribution < 1.29 is 19.8 Å². The number of aliphatic hydroxyl groups excluding tert-OH is 1. The maximum absolute atomic E-state index is 12.6. The summed E-state index contributed by atoms with van der Waals surface area (Å²) in [6.45, 7) is 14.1. The van der Waals surface area contributed by atoms with Crippen molar-refractivity contribution in [2.24, 2.45) is 23.0 Å². The Kier molecular flexibility index (Phi) is 15.8. The van der Waals surface area contributed by atoms with Crippen LogP contribution in [0, 0.1) is 24.2 Å². The number of hydrogen-bond acceptors (Lipinski definition) is 6. The molecule has 1 heterocycles. The number of carboxylic acid groups (broad SMARTS) is 1. The van der Waals surface area contributed by atoms with Crippen molar-refractivity contribution in [2.75, 3.05) is 6.54 Å². The van der Waals surface area contributed by atoms with Gasteiger partial charge in [0.05, 0.1) is 28.6 Å². The molecule has 0 aliphatic carbocycles. The largest absolute Gasteiger partial charge is 0.481 e. The second-order valence-electron chi connectivity index (χ2n) is 9.75. The van der Waals surface area contributed by atoms with Crippen molar-refractivity contribution in [1.82, 2.24) is 4.98 Å². The van der Waals surface area contributed by atoms with Crippen LogP contribution in [0.15, 0.2) is 23.1 Å². The van der Waals surface area contributed by atoms with Crippen LogP contribution in [0.1, 0.15) is 90.8 Å². The van der Waals surface area contributed by atoms with Crippen LogP contribution in [0.25, 0.3) is 6.08 Å². The Morgan fingerprint density at radius 1 is 1.29 bits per heavy atom. The Morgan fingerprint density at radius 3 is 2.44 bits per heavy atom. The van der Waals surface area contributed by atoms with E-state index in [-0.39, 0.29) is 11.7 Å². The molecule has 0 fully saturated rings. The highest BCUT2D eigenvalue weighted by Gasteiger charge is 2.39. The zero-order valence-electron chi connectivity index (χ0n) is 22.1. The van der Waals surface area contributed by atoms with E-state index in [9.17, 15) is 14.7 Å². The normalized spacial score (nSPS) is 14.9. The van der Waals surface area contributed by atoms with Crippen molar-refractivity contribution in [3.05, 3.63) is 33.8 Å². The second-order valence-corrected chi connectivity index (χ2v) is 10.8. The molecule has 194 valence electrons. The molecule has 0 radical (unpaired) electrons. The van der Waals surface area contributed by atoms with Crippen LogP contribution < -0.4 is 5.73 Å². The molecule has 34 heavy (non-hydrogen) atoms. The minimum Gasteiger partial charge on any atom is -0.481 e. The SMILES string of the molecule is C/C(=C/CCN)CCCC(C)CC(C)C(=O)C(C)(C)C(O)CC(=O)O.C/C=C\c1csc(C)n1. The molecule has 3 atom stereocenters. The van der Waals surface area contributed by atoms with Crippen molar-refractivity contribution in [3.63, 3.8) is 0 Å². The molecule has 0 aliphatic rings. The van der Waals surface area contributed by atoms with Gasteiger partial charge in [0.2, 0.25) is 0 Å². The lowest BCUT2D eigenvalue weighted by molar-refractivity contribution is -0.145. The fourth-order valence-corrected chi connectivity index (χ4v) is 4.42. The van der Waals surface area contributed by atoms with E-state index in [1.807, 2.05) is 32.9 Å². The number of aliphatic carboxylic acids is 1. The summed E-state index contributed by atoms with van der Waals surface area (Å²) in [6, 6.07) is 0. The number of carbonyl (C=O) groups excluding carboxylic acids is 1. The van der Waals surface area contributed by atoms with Gasteiger partial charge in [-0.3, -0.25) is 9.59 Å². The van der Waals surface area contributed by atoms with E-state index in [0.29, 0.717) is 12.5 Å². The van der Waals surface area contributed by atoms with Gasteiger partial charge in [-0.05, 0) is 65.0 Å². The molecular formula is C27H46N2O4S. The highest BCUT2D eigenvalue weighted by atomic mass is 32.1. The summed E-state index contributed by atoms with van der Waals surface area (Å²) in [6.07, 6.45) is 9.47. The van der Waals surface area contributed by atoms with Crippen molar-refractivity contribution in [1.29, 1.82) is 0 Å². The van der Waals surface area contributed by atoms with E-state index in [4.69, 9.17) is 10.8 Å². The highest BCUT2D eigenvalue weighted by Crippen LogP contribution is 2.31. The Bertz CT molecular complexity index is 798. The first-order valence-electron chi connectivity index (χ1n) is 12.2. The maximum Gasteiger partial charge on any atom is 0.306 e. The lowest BCUT2D eigenvalue weighted by Gasteiger charge is -2.31. The summed E-state index contributed by atoms with van der Waals surface area (Å²) in [4.78, 5) is 27.7. The number of carbonyl (C=O) groups is 2. The van der Waals surface area contributed by atoms with Gasteiger partial charge in [0.1, 0.15) is 5.78 Å². The zero-order chi connectivity index (χ0) is 26.3. The summed E-state index contributed by atoms with van der Waals surface area (Å²) in [7, 11) is 0. The number of rotatable bonds is 14. The van der Waals surface area contributed by atoms with Crippen LogP contribution in [-0.4, -0.2) is 39.6 Å². The number of ketones is 1. The fourth-order valence-electron chi connectivity index (χ4n) is 3.84. The molecular weight excluding hydrogens is 448 g/mol. The topological polar surface area (TPSA) is 114 Å². The highest BCUT2D eigenvalue weighted by molar-refractivity contribution is 7.09. The van der Waals surface area contributed by atoms with E-state index in [1.54, 1.807) is 25.2 Å². The van der Waals surface area contributed by atoms with Crippen molar-refractivity contribution in [2.45, 2.75) is 93.1 Å². The number of hydrogen-bond donors (Lipinski definition) is 3. The average molecular weight is 495 g/mol. The lowest BCUT2D eigenvalue weighted by atomic mass is 9.74. The summed E-state index contributed by atoms with van der Waals surface area (Å²) in [5.41, 5.74) is 6.88. The molecule has 0 spiro atoms. The molecule has 0 bridgehead atoms. The number of aromatic nitrogens is 1. The van der Waals surface area contributed by atoms with Gasteiger partial charge in [0.25, 0.3) is 0 Å². The fraction of sp³-hybridized carbons (Fsp3) is 0.667. The molecule has 1 aromatic rings. The van der Waals surface area contributed by atoms with Crippen molar-refractivity contribution in [3.8, 4) is 0 Å². The third-order valence-electron chi connectivity index (χ3n) is 5.94. The van der Waals surface area contributed by atoms with Crippen LogP contribution in [0.4, 0.5) is 0 Å². The standard InChI is InChI=1S/C20H37NO4.C7H9NS/c1-14(10-7-11-21)8-6-9-15(2)12-16(3)19(25)20(4,5)17(22)13-18(23)24;1-3-4-7-5-9-6(2)8-7/h10,15-17,22H,6-9,11-13,21H2,1-5H3,(H,23,24);3-5H,1-2H3/b14-10-;4-3-. The zero-order valence-corrected chi connectivity index (χ0v) is 23.0. The van der Waals surface area contributed by atoms with Gasteiger partial charge in [-0.15, -0.1) is 11.3 Å². The Morgan fingerprint density at radius 2 is 1.94 bits per heavy atom. The molecule has 1 rings (SSSR count). The molecule has 6 nitrogen and oxygen atoms in total. The number of allylic oxidation sites excluding steroid dienone is 2. The first-order chi connectivity index (χ1) is 15.8. The Balaban J connectivity index is 0.000000999. The summed E-state index contributed by atoms with van der Waals surface area (Å²) in [5, 5.41) is 22.1. The van der Waals surface area contributed by atoms with Crippen LogP contribution in [0.3, 0.4) is 0 Å². The van der Waals surface area contributed by atoms with E-state index >= 15 is 0 Å². The summed E-state index contributed by atoms with van der Waals surface area (Å²) < 4.78 is 0. The van der Waals surface area contributed by atoms with Gasteiger partial charge in [0.15, 0.2) is 0 Å². The molecule has 3 unspecified atom stereocenters. The molecule has 7 heteroatoms. The number of aliphatic hydroxyl groups is 1. The van der Waals surface area contributed by atoms with Crippen LogP contribution in [0.5, 0.6) is 0 Å². The number of nitrogens with zero attached hydrogens (tertiary/aromatic N) is 1. The van der Waals surface area contributed by atoms with Crippen LogP contribution in [-0.2, 0) is 9.59 Å². The van der Waals surface area contributed by atoms with Crippen molar-refractivity contribution >= 4 is 29.2 Å². The third-order valence-corrected chi connectivity index (χ3v) is 6.73. The van der Waals surface area contributed by atoms with Gasteiger partial charge >= 0.3 is 5.97 Å². The second kappa shape index (κ2) is 16.7. The first-order valence-corrected chi connectivity index (χ1v) is 13.1. The van der Waals surface area contributed by atoms with E-state index in [0.717, 1.165) is 42.8 Å². The number of nitrogens with two attached hydrogens (primary N) is 1. The predicted molar refractivity (Wildman–Crippen MR) is 143 cm³/mol. The number of thiazole rings is 1. The van der Waals surface area contributed by atoms with Gasteiger partial charge in [-0.2, -0.15) is 0 Å². The van der Waals surface area contributed by atoms with Crippen LogP contribution in [0.2, 0.25) is 0 Å². The Labute approximate surface area is 210 Å². The van der Waals surface area contributed by atoms with Crippen LogP contribution >= 0.6 is 11.3 Å². The molecule has 4 N–H and O–H groups in total. The van der Waals surface area contributed by atoms with E-state index < -0.39 is 23.9 Å². The first kappa shape index (κ1) is 32.2. The molecule has 0 aliphatic heterocycles. The van der Waals surface area contributed by atoms with Gasteiger partial charge in [-0.1, -0.05) is 51.8 Å². The minimum absolute atomic E-state index is 0.0628. The molecule has 0 saturated carbocycles. The predicted octanol–water partition coefficient (Wildman–Crippen LogP) is 6.03. The van der Waals surface area contributed by atoms with E-state index in [2.05, 4.69) is 30.3 Å². The van der Waals surface area contributed by atoms with E-state index in [1.165, 1.54) is 5.57 Å². The number of aryl methyl sites for hydroxylation is 1. The molecule has 0 amide bonds. The average Bonchev–Trinajstić information content (AvgIpc) is 3.16. The number of carboxylic acids is 1. The quantitative estimate of drug-likeness (QED) is 0.272. The smallest absolute Gasteiger partial charge is 0.306 e. The van der Waals surface area contributed by atoms with Gasteiger partial charge in [-0.25, -0.2) is 4.98 Å². The van der Waals surface area contributed by atoms with Gasteiger partial charge in [0, 0.05) is 11.3 Å². The third kappa shape index (κ3) is 13.2. The maximum atomic E-state index is 12.6. The molecule has 0 aromatic carbocycles. The minimum atomic E-state index is -1.16. The number of Topliss-reactive ketones (excluding diaryl/α,β-unsaturated/α-hetero) is 1. The monoisotopic (exact) mass is 494 g/mol.